The van der Waals surface area contributed by atoms with Gasteiger partial charge >= 0.3 is 0 Å². The van der Waals surface area contributed by atoms with E-state index in [1.807, 2.05) is 0 Å². The quantitative estimate of drug-likeness (QED) is 0.628. The molecule has 5 heavy (non-hydrogen) atoms. The van der Waals surface area contributed by atoms with Crippen LogP contribution >= 0.6 is 0 Å². The minimum atomic E-state index is -0.125. The van der Waals surface area contributed by atoms with Gasteiger partial charge in [-0.2, -0.15) is 0 Å². The molecule has 0 amide bonds. The van der Waals surface area contributed by atoms with E-state index in [1.54, 1.807) is 0 Å². The molecule has 0 aliphatic rings. The molecule has 0 spiro atoms. The minimum Gasteiger partial charge on any atom is -0.394 e. The van der Waals surface area contributed by atoms with E-state index < -0.39 is 0 Å². The number of aliphatic hydroxyl groups is 2. The molecular weight excluding hydrogens is 248 g/mol. The van der Waals surface area contributed by atoms with Crippen LogP contribution in [0.3, 0.4) is 0 Å². The molecule has 2 N–H and O–H groups in total. The first-order chi connectivity index (χ1) is 1.91. The Morgan fingerprint density at radius 2 is 1.20 bits per heavy atom. The van der Waals surface area contributed by atoms with Crippen LogP contribution < -0.4 is 0 Å². The maximum Gasteiger partial charge on any atom is 0.0662 e. The van der Waals surface area contributed by atoms with Crippen molar-refractivity contribution in [3.05, 3.63) is 0 Å². The molecule has 0 aliphatic heterocycles. The van der Waals surface area contributed by atoms with Crippen LogP contribution in [0.2, 0.25) is 0 Å². The van der Waals surface area contributed by atoms with Gasteiger partial charge in [0.05, 0.1) is 13.2 Å². The Bertz CT molecular complexity index is 9.61. The molecule has 0 fully saturated rings. The van der Waals surface area contributed by atoms with Crippen LogP contribution in [0.15, 0.2) is 0 Å². The molecule has 0 atom stereocenters. The van der Waals surface area contributed by atoms with E-state index >= 15 is 0 Å². The van der Waals surface area contributed by atoms with Gasteiger partial charge in [-0.05, 0) is 0 Å². The molecule has 0 unspecified atom stereocenters. The van der Waals surface area contributed by atoms with Gasteiger partial charge in [-0.15, -0.1) is 0 Å². The van der Waals surface area contributed by atoms with E-state index in [9.17, 15) is 0 Å². The Morgan fingerprint density at radius 3 is 1.20 bits per heavy atom. The number of rotatable bonds is 1. The molecule has 2 nitrogen and oxygen atoms in total. The molecule has 0 saturated heterocycles. The van der Waals surface area contributed by atoms with Gasteiger partial charge in [-0.1, -0.05) is 0 Å². The predicted molar refractivity (Wildman–Crippen MR) is 14.2 cm³/mol. The summed E-state index contributed by atoms with van der Waals surface area (Å²) in [5.41, 5.74) is 0. The Kier molecular flexibility index (Phi) is 16.1. The van der Waals surface area contributed by atoms with Crippen molar-refractivity contribution in [3.8, 4) is 0 Å². The van der Waals surface area contributed by atoms with Crippen molar-refractivity contribution in [2.75, 3.05) is 13.2 Å². The monoisotopic (exact) mass is 255 g/mol. The third-order valence-corrected chi connectivity index (χ3v) is 0.1000. The minimum absolute atomic E-state index is 0. The summed E-state index contributed by atoms with van der Waals surface area (Å²) < 4.78 is 0. The van der Waals surface area contributed by atoms with Crippen LogP contribution in [0.1, 0.15) is 0 Å². The van der Waals surface area contributed by atoms with Gasteiger partial charge in [-0.25, -0.2) is 0 Å². The van der Waals surface area contributed by atoms with E-state index in [0.29, 0.717) is 0 Å². The Morgan fingerprint density at radius 1 is 1.00 bits per heavy atom. The normalized spacial score (nSPS) is 6.00. The SMILES string of the molecule is OCCO.[Ir]. The van der Waals surface area contributed by atoms with Crippen LogP contribution in [-0.4, -0.2) is 23.4 Å². The summed E-state index contributed by atoms with van der Waals surface area (Å²) in [6.45, 7) is -0.250. The molecule has 0 saturated carbocycles. The van der Waals surface area contributed by atoms with Crippen LogP contribution in [0, 0.1) is 0 Å². The van der Waals surface area contributed by atoms with Gasteiger partial charge in [0.1, 0.15) is 0 Å². The van der Waals surface area contributed by atoms with Gasteiger partial charge < -0.3 is 10.2 Å². The van der Waals surface area contributed by atoms with Gasteiger partial charge in [0.2, 0.25) is 0 Å². The molecule has 3 heteroatoms. The van der Waals surface area contributed by atoms with Crippen LogP contribution in [0.4, 0.5) is 0 Å². The molecular formula is C2H6IrO2. The van der Waals surface area contributed by atoms with Crippen molar-refractivity contribution in [2.45, 2.75) is 0 Å². The Balaban J connectivity index is 0. The zero-order valence-electron chi connectivity index (χ0n) is 2.64. The number of hydrogen-bond donors (Lipinski definition) is 2. The van der Waals surface area contributed by atoms with E-state index in [-0.39, 0.29) is 33.3 Å². The number of aliphatic hydroxyl groups excluding tert-OH is 2. The maximum absolute atomic E-state index is 7.62. The van der Waals surface area contributed by atoms with Crippen molar-refractivity contribution in [1.29, 1.82) is 0 Å². The molecule has 0 aliphatic carbocycles. The third-order valence-electron chi connectivity index (χ3n) is 0.1000. The summed E-state index contributed by atoms with van der Waals surface area (Å²) in [6, 6.07) is 0. The molecule has 0 rings (SSSR count). The zero-order valence-corrected chi connectivity index (χ0v) is 5.04. The molecule has 0 aromatic rings. The van der Waals surface area contributed by atoms with Crippen molar-refractivity contribution in [1.82, 2.24) is 0 Å². The summed E-state index contributed by atoms with van der Waals surface area (Å²) in [5.74, 6) is 0. The fourth-order valence-corrected chi connectivity index (χ4v) is 0. The topological polar surface area (TPSA) is 40.5 Å². The van der Waals surface area contributed by atoms with E-state index in [2.05, 4.69) is 0 Å². The second-order valence-electron chi connectivity index (χ2n) is 0.447. The molecule has 0 heterocycles. The largest absolute Gasteiger partial charge is 0.394 e. The van der Waals surface area contributed by atoms with Gasteiger partial charge in [-0.3, -0.25) is 0 Å². The first kappa shape index (κ1) is 9.13. The Hall–Kier alpha value is 0.569. The molecule has 35 valence electrons. The van der Waals surface area contributed by atoms with Crippen molar-refractivity contribution in [2.24, 2.45) is 0 Å². The second-order valence-corrected chi connectivity index (χ2v) is 0.447. The maximum atomic E-state index is 7.62. The van der Waals surface area contributed by atoms with Gasteiger partial charge in [0, 0.05) is 20.1 Å². The summed E-state index contributed by atoms with van der Waals surface area (Å²) in [7, 11) is 0. The van der Waals surface area contributed by atoms with Crippen LogP contribution in [-0.2, 0) is 20.1 Å². The fourth-order valence-electron chi connectivity index (χ4n) is 0. The molecule has 0 aromatic heterocycles. The summed E-state index contributed by atoms with van der Waals surface area (Å²) in [4.78, 5) is 0. The summed E-state index contributed by atoms with van der Waals surface area (Å²) in [6.07, 6.45) is 0. The summed E-state index contributed by atoms with van der Waals surface area (Å²) >= 11 is 0. The zero-order chi connectivity index (χ0) is 3.41. The number of hydrogen-bond acceptors (Lipinski definition) is 2. The molecule has 0 aromatic carbocycles. The van der Waals surface area contributed by atoms with Crippen molar-refractivity contribution >= 4 is 0 Å². The van der Waals surface area contributed by atoms with Crippen molar-refractivity contribution < 1.29 is 30.3 Å². The van der Waals surface area contributed by atoms with Gasteiger partial charge in [0.15, 0.2) is 0 Å². The van der Waals surface area contributed by atoms with E-state index in [0.717, 1.165) is 0 Å². The predicted octanol–water partition coefficient (Wildman–Crippen LogP) is -1.03. The molecule has 0 bridgehead atoms. The Labute approximate surface area is 44.2 Å². The standard InChI is InChI=1S/C2H6O2.Ir/c3-1-2-4;/h3-4H,1-2H2;. The van der Waals surface area contributed by atoms with Crippen molar-refractivity contribution in [3.63, 3.8) is 0 Å². The average molecular weight is 254 g/mol. The van der Waals surface area contributed by atoms with Crippen LogP contribution in [0.5, 0.6) is 0 Å². The molecule has 1 radical (unpaired) electrons. The smallest absolute Gasteiger partial charge is 0.0662 e. The average Bonchev–Trinajstić information content (AvgIpc) is 1.37. The third kappa shape index (κ3) is 12.2. The first-order valence-corrected chi connectivity index (χ1v) is 1.13. The first-order valence-electron chi connectivity index (χ1n) is 1.13. The second kappa shape index (κ2) is 8.82. The van der Waals surface area contributed by atoms with Crippen LogP contribution in [0.25, 0.3) is 0 Å². The summed E-state index contributed by atoms with van der Waals surface area (Å²) in [5, 5.41) is 15.2. The van der Waals surface area contributed by atoms with E-state index in [4.69, 9.17) is 10.2 Å². The van der Waals surface area contributed by atoms with Gasteiger partial charge in [0.25, 0.3) is 0 Å². The van der Waals surface area contributed by atoms with E-state index in [1.165, 1.54) is 0 Å². The fraction of sp³-hybridized carbons (Fsp3) is 1.00.